The molecule has 0 atom stereocenters. The maximum atomic E-state index is 6.07. The van der Waals surface area contributed by atoms with Crippen LogP contribution in [-0.2, 0) is 19.6 Å². The van der Waals surface area contributed by atoms with E-state index in [0.29, 0.717) is 34.8 Å². The van der Waals surface area contributed by atoms with Crippen LogP contribution in [0.1, 0.15) is 24.2 Å². The number of halogens is 1. The Hall–Kier alpha value is -1.79. The number of methoxy groups -OCH3 is 1. The molecule has 0 aliphatic rings. The average molecular weight is 312 g/mol. The molecule has 0 radical (unpaired) electrons. The second kappa shape index (κ2) is 7.28. The van der Waals surface area contributed by atoms with Crippen LogP contribution < -0.4 is 14.8 Å². The molecule has 0 unspecified atom stereocenters. The van der Waals surface area contributed by atoms with Crippen molar-refractivity contribution in [2.45, 2.75) is 26.5 Å². The van der Waals surface area contributed by atoms with Gasteiger partial charge in [0.05, 0.1) is 7.11 Å². The third kappa shape index (κ3) is 3.86. The molecule has 6 nitrogen and oxygen atoms in total. The number of ether oxygens (including phenoxy) is 2. The second-order valence-electron chi connectivity index (χ2n) is 4.37. The predicted octanol–water partition coefficient (Wildman–Crippen LogP) is 2.59. The van der Waals surface area contributed by atoms with Crippen LogP contribution in [0.5, 0.6) is 11.5 Å². The number of nitrogens with zero attached hydrogens (tertiary/aromatic N) is 2. The molecule has 1 heterocycles. The van der Waals surface area contributed by atoms with Crippen LogP contribution in [0.4, 0.5) is 0 Å². The summed E-state index contributed by atoms with van der Waals surface area (Å²) in [6, 6.07) is 3.54. The molecule has 1 aromatic carbocycles. The van der Waals surface area contributed by atoms with Crippen molar-refractivity contribution >= 4 is 11.6 Å². The first-order valence-corrected chi connectivity index (χ1v) is 7.01. The summed E-state index contributed by atoms with van der Waals surface area (Å²) in [5.41, 5.74) is 0.900. The number of aryl methyl sites for hydroxylation is 1. The molecule has 1 aromatic heterocycles. The maximum absolute atomic E-state index is 6.07. The Balaban J connectivity index is 2.20. The van der Waals surface area contributed by atoms with Gasteiger partial charge < -0.3 is 19.3 Å². The molecule has 0 aliphatic heterocycles. The standard InChI is InChI=1S/C14H18ClN3O3/c1-4-12-17-13(21-18-12)8-20-14-9(7-16-2)5-10(15)6-11(14)19-3/h5-6,16H,4,7-8H2,1-3H3. The first-order chi connectivity index (χ1) is 10.2. The van der Waals surface area contributed by atoms with Crippen molar-refractivity contribution in [1.29, 1.82) is 0 Å². The fourth-order valence-corrected chi connectivity index (χ4v) is 2.12. The van der Waals surface area contributed by atoms with Gasteiger partial charge in [-0.2, -0.15) is 4.98 Å². The quantitative estimate of drug-likeness (QED) is 0.847. The summed E-state index contributed by atoms with van der Waals surface area (Å²) >= 11 is 6.07. The van der Waals surface area contributed by atoms with E-state index in [-0.39, 0.29) is 6.61 Å². The summed E-state index contributed by atoms with van der Waals surface area (Å²) in [4.78, 5) is 4.21. The highest BCUT2D eigenvalue weighted by Gasteiger charge is 2.14. The van der Waals surface area contributed by atoms with Gasteiger partial charge in [0.25, 0.3) is 5.89 Å². The molecule has 0 spiro atoms. The SMILES string of the molecule is CCc1noc(COc2c(CNC)cc(Cl)cc2OC)n1. The highest BCUT2D eigenvalue weighted by atomic mass is 35.5. The van der Waals surface area contributed by atoms with E-state index in [1.807, 2.05) is 20.0 Å². The van der Waals surface area contributed by atoms with Gasteiger partial charge in [0.15, 0.2) is 23.9 Å². The lowest BCUT2D eigenvalue weighted by molar-refractivity contribution is 0.231. The molecule has 2 rings (SSSR count). The van der Waals surface area contributed by atoms with E-state index in [1.54, 1.807) is 13.2 Å². The molecule has 1 N–H and O–H groups in total. The molecule has 0 aliphatic carbocycles. The van der Waals surface area contributed by atoms with Crippen LogP contribution >= 0.6 is 11.6 Å². The van der Waals surface area contributed by atoms with Gasteiger partial charge in [-0.1, -0.05) is 23.7 Å². The van der Waals surface area contributed by atoms with Gasteiger partial charge in [0, 0.05) is 29.6 Å². The number of rotatable bonds is 7. The Labute approximate surface area is 128 Å². The molecule has 114 valence electrons. The fraction of sp³-hybridized carbons (Fsp3) is 0.429. The monoisotopic (exact) mass is 311 g/mol. The molecule has 21 heavy (non-hydrogen) atoms. The smallest absolute Gasteiger partial charge is 0.264 e. The van der Waals surface area contributed by atoms with Gasteiger partial charge >= 0.3 is 0 Å². The zero-order valence-electron chi connectivity index (χ0n) is 12.3. The van der Waals surface area contributed by atoms with Crippen LogP contribution in [0.15, 0.2) is 16.7 Å². The van der Waals surface area contributed by atoms with Crippen molar-refractivity contribution in [3.63, 3.8) is 0 Å². The average Bonchev–Trinajstić information content (AvgIpc) is 2.94. The van der Waals surface area contributed by atoms with Crippen LogP contribution in [-0.4, -0.2) is 24.3 Å². The Morgan fingerprint density at radius 3 is 2.81 bits per heavy atom. The van der Waals surface area contributed by atoms with E-state index in [2.05, 4.69) is 15.5 Å². The van der Waals surface area contributed by atoms with E-state index < -0.39 is 0 Å². The Morgan fingerprint density at radius 1 is 1.38 bits per heavy atom. The van der Waals surface area contributed by atoms with Crippen molar-refractivity contribution in [2.24, 2.45) is 0 Å². The third-order valence-corrected chi connectivity index (χ3v) is 3.07. The topological polar surface area (TPSA) is 69.4 Å². The van der Waals surface area contributed by atoms with Crippen LogP contribution in [0.25, 0.3) is 0 Å². The highest BCUT2D eigenvalue weighted by Crippen LogP contribution is 2.35. The Bertz CT molecular complexity index is 601. The summed E-state index contributed by atoms with van der Waals surface area (Å²) in [7, 11) is 3.42. The van der Waals surface area contributed by atoms with Crippen LogP contribution in [0.2, 0.25) is 5.02 Å². The van der Waals surface area contributed by atoms with E-state index in [0.717, 1.165) is 12.0 Å². The van der Waals surface area contributed by atoms with Crippen molar-refractivity contribution in [2.75, 3.05) is 14.2 Å². The molecule has 0 saturated carbocycles. The van der Waals surface area contributed by atoms with E-state index in [9.17, 15) is 0 Å². The number of hydrogen-bond donors (Lipinski definition) is 1. The minimum Gasteiger partial charge on any atom is -0.493 e. The van der Waals surface area contributed by atoms with E-state index >= 15 is 0 Å². The van der Waals surface area contributed by atoms with Crippen molar-refractivity contribution in [1.82, 2.24) is 15.5 Å². The maximum Gasteiger partial charge on any atom is 0.264 e. The summed E-state index contributed by atoms with van der Waals surface area (Å²) in [6.07, 6.45) is 0.721. The highest BCUT2D eigenvalue weighted by molar-refractivity contribution is 6.30. The zero-order valence-corrected chi connectivity index (χ0v) is 13.0. The number of benzene rings is 1. The fourth-order valence-electron chi connectivity index (χ4n) is 1.89. The molecule has 7 heteroatoms. The first kappa shape index (κ1) is 15.6. The number of nitrogens with one attached hydrogen (secondary N) is 1. The molecule has 0 amide bonds. The van der Waals surface area contributed by atoms with E-state index in [4.69, 9.17) is 25.6 Å². The Kier molecular flexibility index (Phi) is 5.41. The van der Waals surface area contributed by atoms with Gasteiger partial charge in [0.2, 0.25) is 0 Å². The molecular formula is C14H18ClN3O3. The zero-order chi connectivity index (χ0) is 15.2. The number of aromatic nitrogens is 2. The van der Waals surface area contributed by atoms with Gasteiger partial charge in [-0.15, -0.1) is 0 Å². The summed E-state index contributed by atoms with van der Waals surface area (Å²) in [5, 5.41) is 7.49. The van der Waals surface area contributed by atoms with Crippen molar-refractivity contribution in [3.8, 4) is 11.5 Å². The van der Waals surface area contributed by atoms with Gasteiger partial charge in [-0.3, -0.25) is 0 Å². The summed E-state index contributed by atoms with van der Waals surface area (Å²) < 4.78 is 16.2. The lowest BCUT2D eigenvalue weighted by Crippen LogP contribution is -2.09. The third-order valence-electron chi connectivity index (χ3n) is 2.85. The lowest BCUT2D eigenvalue weighted by atomic mass is 10.2. The molecular weight excluding hydrogens is 294 g/mol. The van der Waals surface area contributed by atoms with Crippen molar-refractivity contribution < 1.29 is 14.0 Å². The van der Waals surface area contributed by atoms with E-state index in [1.165, 1.54) is 0 Å². The van der Waals surface area contributed by atoms with Crippen LogP contribution in [0.3, 0.4) is 0 Å². The largest absolute Gasteiger partial charge is 0.493 e. The van der Waals surface area contributed by atoms with Gasteiger partial charge in [0.1, 0.15) is 0 Å². The Morgan fingerprint density at radius 2 is 2.19 bits per heavy atom. The molecule has 0 bridgehead atoms. The second-order valence-corrected chi connectivity index (χ2v) is 4.81. The van der Waals surface area contributed by atoms with Crippen LogP contribution in [0, 0.1) is 0 Å². The van der Waals surface area contributed by atoms with Crippen molar-refractivity contribution in [3.05, 3.63) is 34.4 Å². The number of hydrogen-bond acceptors (Lipinski definition) is 6. The minimum atomic E-state index is 0.182. The molecule has 0 fully saturated rings. The predicted molar refractivity (Wildman–Crippen MR) is 78.8 cm³/mol. The first-order valence-electron chi connectivity index (χ1n) is 6.63. The van der Waals surface area contributed by atoms with Gasteiger partial charge in [-0.25, -0.2) is 0 Å². The van der Waals surface area contributed by atoms with Gasteiger partial charge in [-0.05, 0) is 13.1 Å². The summed E-state index contributed by atoms with van der Waals surface area (Å²) in [5.74, 6) is 2.28. The minimum absolute atomic E-state index is 0.182. The summed E-state index contributed by atoms with van der Waals surface area (Å²) in [6.45, 7) is 2.75. The molecule has 0 saturated heterocycles. The molecule has 2 aromatic rings. The lowest BCUT2D eigenvalue weighted by Gasteiger charge is -2.14. The normalized spacial score (nSPS) is 10.7.